The average Bonchev–Trinajstić information content (AvgIpc) is 2.29. The first kappa shape index (κ1) is 10.6. The summed E-state index contributed by atoms with van der Waals surface area (Å²) in [4.78, 5) is 6.43. The molecule has 0 saturated heterocycles. The highest BCUT2D eigenvalue weighted by atomic mass is 15.1. The minimum Gasteiger partial charge on any atom is -0.245 e. The van der Waals surface area contributed by atoms with Crippen molar-refractivity contribution in [3.8, 4) is 17.9 Å². The van der Waals surface area contributed by atoms with Crippen molar-refractivity contribution in [3.05, 3.63) is 40.0 Å². The SMILES string of the molecule is N#Cc1cc(C#CCCN=[N+]=[N-])ccn1. The van der Waals surface area contributed by atoms with Crippen LogP contribution in [0.15, 0.2) is 23.4 Å². The second-order valence-corrected chi connectivity index (χ2v) is 2.55. The molecule has 5 nitrogen and oxygen atoms in total. The van der Waals surface area contributed by atoms with Crippen LogP contribution in [0, 0.1) is 23.2 Å². The van der Waals surface area contributed by atoms with Crippen LogP contribution in [-0.2, 0) is 0 Å². The van der Waals surface area contributed by atoms with Gasteiger partial charge in [-0.15, -0.1) is 0 Å². The number of pyridine rings is 1. The largest absolute Gasteiger partial charge is 0.245 e. The van der Waals surface area contributed by atoms with Crippen LogP contribution in [0.1, 0.15) is 17.7 Å². The van der Waals surface area contributed by atoms with Gasteiger partial charge in [0.1, 0.15) is 11.8 Å². The summed E-state index contributed by atoms with van der Waals surface area (Å²) in [5.74, 6) is 5.69. The van der Waals surface area contributed by atoms with Gasteiger partial charge >= 0.3 is 0 Å². The molecule has 15 heavy (non-hydrogen) atoms. The molecule has 0 unspecified atom stereocenters. The van der Waals surface area contributed by atoms with Gasteiger partial charge in [-0.05, 0) is 17.7 Å². The number of azide groups is 1. The number of rotatable bonds is 2. The van der Waals surface area contributed by atoms with E-state index < -0.39 is 0 Å². The van der Waals surface area contributed by atoms with Gasteiger partial charge in [0.05, 0.1) is 0 Å². The Kier molecular flexibility index (Phi) is 4.26. The molecule has 0 fully saturated rings. The maximum absolute atomic E-state index is 8.59. The van der Waals surface area contributed by atoms with Crippen molar-refractivity contribution in [2.45, 2.75) is 6.42 Å². The molecule has 0 atom stereocenters. The van der Waals surface area contributed by atoms with Crippen molar-refractivity contribution in [2.75, 3.05) is 6.54 Å². The van der Waals surface area contributed by atoms with Crippen LogP contribution >= 0.6 is 0 Å². The molecule has 0 aliphatic rings. The Balaban J connectivity index is 2.64. The van der Waals surface area contributed by atoms with Crippen molar-refractivity contribution in [2.24, 2.45) is 5.11 Å². The zero-order chi connectivity index (χ0) is 10.9. The van der Waals surface area contributed by atoms with Crippen LogP contribution in [0.5, 0.6) is 0 Å². The van der Waals surface area contributed by atoms with Crippen molar-refractivity contribution in [1.82, 2.24) is 4.98 Å². The summed E-state index contributed by atoms with van der Waals surface area (Å²) in [6.07, 6.45) is 2.05. The molecule has 0 N–H and O–H groups in total. The van der Waals surface area contributed by atoms with Crippen molar-refractivity contribution in [1.29, 1.82) is 5.26 Å². The third kappa shape index (κ3) is 3.82. The van der Waals surface area contributed by atoms with Gasteiger partial charge in [0, 0.05) is 29.6 Å². The Labute approximate surface area is 87.0 Å². The highest BCUT2D eigenvalue weighted by Gasteiger charge is 1.91. The van der Waals surface area contributed by atoms with Crippen LogP contribution < -0.4 is 0 Å². The maximum Gasteiger partial charge on any atom is 0.141 e. The third-order valence-electron chi connectivity index (χ3n) is 1.51. The van der Waals surface area contributed by atoms with Gasteiger partial charge in [0.2, 0.25) is 0 Å². The van der Waals surface area contributed by atoms with E-state index in [1.807, 2.05) is 6.07 Å². The van der Waals surface area contributed by atoms with Crippen LogP contribution in [0.4, 0.5) is 0 Å². The summed E-state index contributed by atoms with van der Waals surface area (Å²) in [6, 6.07) is 5.27. The lowest BCUT2D eigenvalue weighted by molar-refractivity contribution is 1.01. The molecule has 0 saturated carbocycles. The lowest BCUT2D eigenvalue weighted by atomic mass is 10.2. The minimum atomic E-state index is 0.344. The first-order chi connectivity index (χ1) is 7.36. The van der Waals surface area contributed by atoms with Crippen molar-refractivity contribution >= 4 is 0 Å². The van der Waals surface area contributed by atoms with Crippen LogP contribution in [0.3, 0.4) is 0 Å². The van der Waals surface area contributed by atoms with Gasteiger partial charge < -0.3 is 0 Å². The topological polar surface area (TPSA) is 85.4 Å². The molecule has 1 rings (SSSR count). The Bertz CT molecular complexity index is 483. The average molecular weight is 197 g/mol. The lowest BCUT2D eigenvalue weighted by Gasteiger charge is -1.89. The molecule has 0 amide bonds. The molecule has 0 bridgehead atoms. The predicted molar refractivity (Wildman–Crippen MR) is 54.5 cm³/mol. The third-order valence-corrected chi connectivity index (χ3v) is 1.51. The van der Waals surface area contributed by atoms with E-state index in [4.69, 9.17) is 10.8 Å². The summed E-state index contributed by atoms with van der Waals surface area (Å²) in [5, 5.41) is 11.9. The second-order valence-electron chi connectivity index (χ2n) is 2.55. The first-order valence-electron chi connectivity index (χ1n) is 4.22. The quantitative estimate of drug-likeness (QED) is 0.239. The molecule has 0 aliphatic carbocycles. The molecule has 0 aromatic carbocycles. The highest BCUT2D eigenvalue weighted by molar-refractivity contribution is 5.37. The van der Waals surface area contributed by atoms with Crippen LogP contribution in [-0.4, -0.2) is 11.5 Å². The molecular formula is C10H7N5. The van der Waals surface area contributed by atoms with E-state index in [0.717, 1.165) is 5.56 Å². The fraction of sp³-hybridized carbons (Fsp3) is 0.200. The Hall–Kier alpha value is -2.49. The number of nitriles is 1. The van der Waals surface area contributed by atoms with E-state index in [9.17, 15) is 0 Å². The van der Waals surface area contributed by atoms with E-state index in [-0.39, 0.29) is 0 Å². The summed E-state index contributed by atoms with van der Waals surface area (Å²) >= 11 is 0. The summed E-state index contributed by atoms with van der Waals surface area (Å²) in [6.45, 7) is 0.361. The van der Waals surface area contributed by atoms with E-state index in [1.165, 1.54) is 6.20 Å². The van der Waals surface area contributed by atoms with Gasteiger partial charge in [0.25, 0.3) is 0 Å². The monoisotopic (exact) mass is 197 g/mol. The van der Waals surface area contributed by atoms with Crippen molar-refractivity contribution in [3.63, 3.8) is 0 Å². The van der Waals surface area contributed by atoms with Crippen LogP contribution in [0.2, 0.25) is 0 Å². The molecule has 1 heterocycles. The molecule has 0 spiro atoms. The van der Waals surface area contributed by atoms with Crippen LogP contribution in [0.25, 0.3) is 10.4 Å². The second kappa shape index (κ2) is 6.04. The van der Waals surface area contributed by atoms with Gasteiger partial charge in [-0.2, -0.15) is 5.26 Å². The number of nitrogens with zero attached hydrogens (tertiary/aromatic N) is 5. The molecule has 0 radical (unpaired) electrons. The first-order valence-corrected chi connectivity index (χ1v) is 4.22. The molecule has 72 valence electrons. The predicted octanol–water partition coefficient (Wildman–Crippen LogP) is 2.01. The Morgan fingerprint density at radius 2 is 2.47 bits per heavy atom. The molecule has 0 aliphatic heterocycles. The van der Waals surface area contributed by atoms with E-state index >= 15 is 0 Å². The molecule has 5 heteroatoms. The zero-order valence-corrected chi connectivity index (χ0v) is 7.88. The Morgan fingerprint density at radius 3 is 3.20 bits per heavy atom. The fourth-order valence-corrected chi connectivity index (χ4v) is 0.885. The minimum absolute atomic E-state index is 0.344. The summed E-state index contributed by atoms with van der Waals surface area (Å²) in [5.41, 5.74) is 9.10. The summed E-state index contributed by atoms with van der Waals surface area (Å²) in [7, 11) is 0. The zero-order valence-electron chi connectivity index (χ0n) is 7.88. The maximum atomic E-state index is 8.59. The summed E-state index contributed by atoms with van der Waals surface area (Å²) < 4.78 is 0. The van der Waals surface area contributed by atoms with Crippen molar-refractivity contribution < 1.29 is 0 Å². The van der Waals surface area contributed by atoms with Gasteiger partial charge in [0.15, 0.2) is 0 Å². The molecule has 1 aromatic heterocycles. The fourth-order valence-electron chi connectivity index (χ4n) is 0.885. The normalized spacial score (nSPS) is 7.93. The van der Waals surface area contributed by atoms with E-state index in [0.29, 0.717) is 18.7 Å². The smallest absolute Gasteiger partial charge is 0.141 e. The number of hydrogen-bond donors (Lipinski definition) is 0. The highest BCUT2D eigenvalue weighted by Crippen LogP contribution is 1.98. The Morgan fingerprint density at radius 1 is 1.60 bits per heavy atom. The molecule has 1 aromatic rings. The number of aromatic nitrogens is 1. The number of hydrogen-bond acceptors (Lipinski definition) is 3. The van der Waals surface area contributed by atoms with E-state index in [2.05, 4.69) is 26.9 Å². The van der Waals surface area contributed by atoms with Gasteiger partial charge in [-0.3, -0.25) is 0 Å². The van der Waals surface area contributed by atoms with Gasteiger partial charge in [-0.25, -0.2) is 4.98 Å². The van der Waals surface area contributed by atoms with E-state index in [1.54, 1.807) is 12.1 Å². The van der Waals surface area contributed by atoms with Gasteiger partial charge in [-0.1, -0.05) is 17.0 Å². The standard InChI is InChI=1S/C10H7N5/c11-8-10-7-9(4-6-13-10)3-1-2-5-14-15-12/h4,6-7H,2,5H2. The molecular weight excluding hydrogens is 190 g/mol. The lowest BCUT2D eigenvalue weighted by Crippen LogP contribution is -1.83.